The summed E-state index contributed by atoms with van der Waals surface area (Å²) in [5.74, 6) is 0.0340. The average molecular weight is 696 g/mol. The third-order valence-corrected chi connectivity index (χ3v) is 6.27. The summed E-state index contributed by atoms with van der Waals surface area (Å²) in [6.45, 7) is 3.40. The minimum atomic E-state index is -1.03. The van der Waals surface area contributed by atoms with Crippen molar-refractivity contribution in [2.45, 2.75) is 26.4 Å². The highest BCUT2D eigenvalue weighted by atomic mass is 127. The van der Waals surface area contributed by atoms with Crippen molar-refractivity contribution in [1.82, 2.24) is 9.66 Å². The highest BCUT2D eigenvalue weighted by Crippen LogP contribution is 2.29. The van der Waals surface area contributed by atoms with Crippen molar-refractivity contribution in [2.24, 2.45) is 5.10 Å². The van der Waals surface area contributed by atoms with Gasteiger partial charge in [0.05, 0.1) is 24.3 Å². The van der Waals surface area contributed by atoms with Gasteiger partial charge in [-0.15, -0.1) is 0 Å². The fourth-order valence-electron chi connectivity index (χ4n) is 2.66. The lowest BCUT2D eigenvalue weighted by Crippen LogP contribution is -2.23. The molecule has 1 N–H and O–H groups in total. The van der Waals surface area contributed by atoms with Crippen LogP contribution < -0.4 is 10.3 Å². The molecule has 7 nitrogen and oxygen atoms in total. The highest BCUT2D eigenvalue weighted by Gasteiger charge is 2.17. The lowest BCUT2D eigenvalue weighted by molar-refractivity contribution is -0.144. The number of carboxylic acids is 1. The topological polar surface area (TPSA) is 93.8 Å². The fourth-order valence-corrected chi connectivity index (χ4v) is 5.09. The van der Waals surface area contributed by atoms with Crippen LogP contribution in [0.15, 0.2) is 44.7 Å². The second-order valence-corrected chi connectivity index (χ2v) is 9.56. The van der Waals surface area contributed by atoms with Crippen LogP contribution in [-0.4, -0.2) is 33.1 Å². The van der Waals surface area contributed by atoms with Crippen molar-refractivity contribution in [3.8, 4) is 5.75 Å². The van der Waals surface area contributed by atoms with Gasteiger partial charge in [-0.2, -0.15) is 9.78 Å². The summed E-state index contributed by atoms with van der Waals surface area (Å²) >= 11 is 7.56. The van der Waals surface area contributed by atoms with Crippen LogP contribution in [0.4, 0.5) is 0 Å². The number of carbonyl (C=O) groups is 1. The number of aliphatic carboxylic acids is 1. The largest absolute Gasteiger partial charge is 0.479 e. The summed E-state index contributed by atoms with van der Waals surface area (Å²) in [6, 6.07) is 9.02. The molecule has 156 valence electrons. The number of aromatic nitrogens is 2. The molecule has 0 saturated heterocycles. The van der Waals surface area contributed by atoms with Crippen LogP contribution >= 0.6 is 61.1 Å². The van der Waals surface area contributed by atoms with Crippen LogP contribution in [-0.2, 0) is 11.2 Å². The van der Waals surface area contributed by atoms with E-state index in [0.717, 1.165) is 17.2 Å². The van der Waals surface area contributed by atoms with E-state index in [-0.39, 0.29) is 5.56 Å². The van der Waals surface area contributed by atoms with Crippen LogP contribution in [0.2, 0.25) is 0 Å². The lowest BCUT2D eigenvalue weighted by atomic mass is 10.2. The molecule has 10 heteroatoms. The number of hydrogen-bond acceptors (Lipinski definition) is 5. The number of benzene rings is 2. The molecule has 0 aliphatic heterocycles. The Morgan fingerprint density at radius 1 is 1.33 bits per heavy atom. The van der Waals surface area contributed by atoms with Gasteiger partial charge >= 0.3 is 5.97 Å². The molecule has 0 aliphatic rings. The molecule has 3 rings (SSSR count). The molecular formula is C20H16BrI2N3O4. The van der Waals surface area contributed by atoms with E-state index in [1.807, 2.05) is 25.1 Å². The van der Waals surface area contributed by atoms with Gasteiger partial charge < -0.3 is 9.84 Å². The van der Waals surface area contributed by atoms with E-state index in [9.17, 15) is 9.59 Å². The maximum absolute atomic E-state index is 13.0. The summed E-state index contributed by atoms with van der Waals surface area (Å²) in [4.78, 5) is 28.6. The highest BCUT2D eigenvalue weighted by molar-refractivity contribution is 14.1. The van der Waals surface area contributed by atoms with Gasteiger partial charge in [-0.3, -0.25) is 4.79 Å². The second kappa shape index (κ2) is 9.73. The first-order valence-corrected chi connectivity index (χ1v) is 11.8. The molecule has 0 unspecified atom stereocenters. The second-order valence-electron chi connectivity index (χ2n) is 6.32. The third-order valence-electron chi connectivity index (χ3n) is 4.18. The molecule has 30 heavy (non-hydrogen) atoms. The molecule has 1 aromatic heterocycles. The van der Waals surface area contributed by atoms with Gasteiger partial charge in [0, 0.05) is 10.9 Å². The number of ether oxygens (including phenoxy) is 1. The average Bonchev–Trinajstić information content (AvgIpc) is 2.70. The minimum Gasteiger partial charge on any atom is -0.479 e. The van der Waals surface area contributed by atoms with E-state index >= 15 is 0 Å². The molecule has 0 spiro atoms. The van der Waals surface area contributed by atoms with E-state index in [2.05, 4.69) is 71.2 Å². The van der Waals surface area contributed by atoms with E-state index in [0.29, 0.717) is 28.9 Å². The molecular weight excluding hydrogens is 680 g/mol. The number of hydrogen-bond donors (Lipinski definition) is 1. The van der Waals surface area contributed by atoms with E-state index in [1.54, 1.807) is 18.3 Å². The Labute approximate surface area is 207 Å². The lowest BCUT2D eigenvalue weighted by Gasteiger charge is -2.14. The Balaban J connectivity index is 2.01. The van der Waals surface area contributed by atoms with Crippen LogP contribution in [0.5, 0.6) is 5.75 Å². The number of nitrogens with zero attached hydrogens (tertiary/aromatic N) is 3. The van der Waals surface area contributed by atoms with Crippen molar-refractivity contribution in [3.05, 3.63) is 63.7 Å². The maximum Gasteiger partial charge on any atom is 0.344 e. The predicted octanol–water partition coefficient (Wildman–Crippen LogP) is 4.66. The maximum atomic E-state index is 13.0. The van der Waals surface area contributed by atoms with Gasteiger partial charge in [0.1, 0.15) is 11.6 Å². The Hall–Kier alpha value is -1.54. The number of halogens is 3. The smallest absolute Gasteiger partial charge is 0.344 e. The zero-order chi connectivity index (χ0) is 22.0. The van der Waals surface area contributed by atoms with Crippen LogP contribution in [0.1, 0.15) is 25.2 Å². The van der Waals surface area contributed by atoms with Crippen molar-refractivity contribution >= 4 is 84.2 Å². The minimum absolute atomic E-state index is 0.242. The molecule has 0 radical (unpaired) electrons. The SMILES string of the molecule is CCc1nc2ccc(Br)cc2c(=O)n1N=Cc1cc(I)c(O[C@H](C)C(=O)O)c(I)c1. The van der Waals surface area contributed by atoms with Crippen molar-refractivity contribution in [2.75, 3.05) is 0 Å². The van der Waals surface area contributed by atoms with Crippen molar-refractivity contribution in [1.29, 1.82) is 0 Å². The van der Waals surface area contributed by atoms with E-state index < -0.39 is 12.1 Å². The van der Waals surface area contributed by atoms with Gasteiger partial charge in [-0.1, -0.05) is 22.9 Å². The summed E-state index contributed by atoms with van der Waals surface area (Å²) in [5.41, 5.74) is 1.14. The normalized spacial score (nSPS) is 12.4. The van der Waals surface area contributed by atoms with Gasteiger partial charge in [-0.05, 0) is 88.0 Å². The standard InChI is InChI=1S/C20H16BrI2N3O4/c1-3-17-25-16-5-4-12(21)8-13(16)19(27)26(17)24-9-11-6-14(22)18(15(23)7-11)30-10(2)20(28)29/h4-10H,3H2,1-2H3,(H,28,29)/t10-/m1/s1. The number of carboxylic acid groups (broad SMARTS) is 1. The van der Waals surface area contributed by atoms with Gasteiger partial charge in [0.25, 0.3) is 5.56 Å². The quantitative estimate of drug-likeness (QED) is 0.299. The molecule has 2 aromatic carbocycles. The first kappa shape index (κ1) is 23.1. The number of aryl methyl sites for hydroxylation is 1. The van der Waals surface area contributed by atoms with Crippen molar-refractivity contribution < 1.29 is 14.6 Å². The fraction of sp³-hybridized carbons (Fsp3) is 0.200. The number of rotatable bonds is 6. The molecule has 1 atom stereocenters. The van der Waals surface area contributed by atoms with Gasteiger partial charge in [-0.25, -0.2) is 9.78 Å². The van der Waals surface area contributed by atoms with E-state index in [4.69, 9.17) is 9.84 Å². The zero-order valence-electron chi connectivity index (χ0n) is 15.9. The first-order valence-electron chi connectivity index (χ1n) is 8.85. The molecule has 0 aliphatic carbocycles. The van der Waals surface area contributed by atoms with Gasteiger partial charge in [0.15, 0.2) is 6.10 Å². The van der Waals surface area contributed by atoms with Crippen LogP contribution in [0.25, 0.3) is 10.9 Å². The Bertz CT molecular complexity index is 1200. The monoisotopic (exact) mass is 695 g/mol. The third kappa shape index (κ3) is 5.02. The Morgan fingerprint density at radius 2 is 2.00 bits per heavy atom. The first-order chi connectivity index (χ1) is 14.2. The summed E-state index contributed by atoms with van der Waals surface area (Å²) in [5, 5.41) is 13.9. The summed E-state index contributed by atoms with van der Waals surface area (Å²) in [7, 11) is 0. The van der Waals surface area contributed by atoms with E-state index in [1.165, 1.54) is 11.6 Å². The number of fused-ring (bicyclic) bond motifs is 1. The molecule has 0 saturated carbocycles. The molecule has 0 bridgehead atoms. The molecule has 0 amide bonds. The summed E-state index contributed by atoms with van der Waals surface area (Å²) in [6.07, 6.45) is 1.18. The molecule has 3 aromatic rings. The molecule has 0 fully saturated rings. The Morgan fingerprint density at radius 3 is 2.60 bits per heavy atom. The summed E-state index contributed by atoms with van der Waals surface area (Å²) < 4.78 is 9.14. The molecule has 1 heterocycles. The van der Waals surface area contributed by atoms with Crippen LogP contribution in [0, 0.1) is 7.14 Å². The van der Waals surface area contributed by atoms with Crippen LogP contribution in [0.3, 0.4) is 0 Å². The predicted molar refractivity (Wildman–Crippen MR) is 136 cm³/mol. The zero-order valence-corrected chi connectivity index (χ0v) is 21.8. The van der Waals surface area contributed by atoms with Crippen molar-refractivity contribution in [3.63, 3.8) is 0 Å². The van der Waals surface area contributed by atoms with Gasteiger partial charge in [0.2, 0.25) is 0 Å². The Kier molecular flexibility index (Phi) is 7.50.